The second-order valence-corrected chi connectivity index (χ2v) is 8.52. The summed E-state index contributed by atoms with van der Waals surface area (Å²) in [4.78, 5) is 13.5. The number of fused-ring (bicyclic) bond motifs is 2. The number of nitrogens with zero attached hydrogens (tertiary/aromatic N) is 5. The normalized spacial score (nSPS) is 18.2. The Kier molecular flexibility index (Phi) is 4.34. The minimum Gasteiger partial charge on any atom is -0.393 e. The molecule has 0 aliphatic heterocycles. The molecule has 0 saturated heterocycles. The Hall–Kier alpha value is -3.55. The average Bonchev–Trinajstić information content (AvgIpc) is 3.17. The van der Waals surface area contributed by atoms with E-state index < -0.39 is 0 Å². The highest BCUT2D eigenvalue weighted by Gasteiger charge is 2.32. The van der Waals surface area contributed by atoms with Crippen molar-refractivity contribution in [2.45, 2.75) is 25.0 Å². The number of rotatable bonds is 3. The number of hydrogen-bond acceptors (Lipinski definition) is 6. The Labute approximate surface area is 188 Å². The third kappa shape index (κ3) is 3.01. The smallest absolute Gasteiger partial charge is 0.164 e. The lowest BCUT2D eigenvalue weighted by Crippen LogP contribution is -2.31. The number of aliphatic hydroxyl groups excluding tert-OH is 1. The number of nitrogens with two attached hydrogens (primary N) is 1. The molecule has 0 radical (unpaired) electrons. The molecule has 158 valence electrons. The summed E-state index contributed by atoms with van der Waals surface area (Å²) in [7, 11) is 0. The van der Waals surface area contributed by atoms with Gasteiger partial charge < -0.3 is 10.8 Å². The molecule has 3 N–H and O–H groups in total. The molecule has 5 aromatic rings. The number of benzene rings is 2. The number of hydrogen-bond donors (Lipinski definition) is 2. The van der Waals surface area contributed by atoms with Gasteiger partial charge in [0.05, 0.1) is 33.8 Å². The van der Waals surface area contributed by atoms with Crippen molar-refractivity contribution in [2.24, 2.45) is 0 Å². The summed E-state index contributed by atoms with van der Waals surface area (Å²) in [5.74, 6) is 0.346. The quantitative estimate of drug-likeness (QED) is 0.422. The standard InChI is InChI=1S/C24H19ClN6O/c25-18-8-14-6-7-19(13-4-2-1-3-5-13)29-20(14)11-17(18)22-21-23(26)27-12-28-24(21)31(30-22)15-9-16(32)10-15/h1-8,11-12,15-16,32H,9-10H2,(H2,26,27,28). The lowest BCUT2D eigenvalue weighted by atomic mass is 9.90. The van der Waals surface area contributed by atoms with Gasteiger partial charge in [-0.25, -0.2) is 19.6 Å². The molecule has 8 heteroatoms. The molecular weight excluding hydrogens is 424 g/mol. The first-order chi connectivity index (χ1) is 15.6. The van der Waals surface area contributed by atoms with Crippen LogP contribution in [0.15, 0.2) is 60.9 Å². The van der Waals surface area contributed by atoms with Crippen LogP contribution >= 0.6 is 11.6 Å². The van der Waals surface area contributed by atoms with Crippen molar-refractivity contribution in [1.29, 1.82) is 0 Å². The minimum absolute atomic E-state index is 0.0672. The molecule has 2 aromatic carbocycles. The summed E-state index contributed by atoms with van der Waals surface area (Å²) in [5.41, 5.74) is 11.0. The van der Waals surface area contributed by atoms with Gasteiger partial charge in [-0.1, -0.05) is 48.0 Å². The zero-order valence-corrected chi connectivity index (χ0v) is 17.7. The first-order valence-electron chi connectivity index (χ1n) is 10.4. The Bertz CT molecular complexity index is 1480. The zero-order chi connectivity index (χ0) is 21.8. The van der Waals surface area contributed by atoms with Crippen LogP contribution in [0.1, 0.15) is 18.9 Å². The lowest BCUT2D eigenvalue weighted by molar-refractivity contribution is 0.0452. The van der Waals surface area contributed by atoms with Gasteiger partial charge in [0, 0.05) is 16.5 Å². The summed E-state index contributed by atoms with van der Waals surface area (Å²) in [5, 5.41) is 16.8. The van der Waals surface area contributed by atoms with Crippen molar-refractivity contribution >= 4 is 39.4 Å². The Morgan fingerprint density at radius 2 is 1.84 bits per heavy atom. The van der Waals surface area contributed by atoms with Crippen LogP contribution in [-0.2, 0) is 0 Å². The Balaban J connectivity index is 1.55. The van der Waals surface area contributed by atoms with Gasteiger partial charge in [0.2, 0.25) is 0 Å². The average molecular weight is 443 g/mol. The van der Waals surface area contributed by atoms with Gasteiger partial charge in [0.25, 0.3) is 0 Å². The number of aliphatic hydroxyl groups is 1. The largest absolute Gasteiger partial charge is 0.393 e. The van der Waals surface area contributed by atoms with Gasteiger partial charge in [0.1, 0.15) is 17.8 Å². The highest BCUT2D eigenvalue weighted by Crippen LogP contribution is 2.40. The molecule has 0 spiro atoms. The van der Waals surface area contributed by atoms with Crippen LogP contribution in [0.2, 0.25) is 5.02 Å². The molecule has 3 heterocycles. The van der Waals surface area contributed by atoms with Crippen molar-refractivity contribution < 1.29 is 5.11 Å². The molecule has 1 aliphatic rings. The SMILES string of the molecule is Nc1ncnc2c1c(-c1cc3nc(-c4ccccc4)ccc3cc1Cl)nn2C1CC(O)C1. The number of aromatic nitrogens is 5. The van der Waals surface area contributed by atoms with Gasteiger partial charge in [-0.05, 0) is 31.0 Å². The maximum Gasteiger partial charge on any atom is 0.164 e. The van der Waals surface area contributed by atoms with Gasteiger partial charge in [-0.15, -0.1) is 0 Å². The summed E-state index contributed by atoms with van der Waals surface area (Å²) < 4.78 is 1.84. The summed E-state index contributed by atoms with van der Waals surface area (Å²) in [6.45, 7) is 0. The van der Waals surface area contributed by atoms with E-state index in [1.54, 1.807) is 0 Å². The van der Waals surface area contributed by atoms with Crippen molar-refractivity contribution in [1.82, 2.24) is 24.7 Å². The van der Waals surface area contributed by atoms with E-state index in [-0.39, 0.29) is 12.1 Å². The predicted octanol–water partition coefficient (Wildman–Crippen LogP) is 4.64. The number of anilines is 1. The Morgan fingerprint density at radius 3 is 2.62 bits per heavy atom. The van der Waals surface area contributed by atoms with E-state index in [1.807, 2.05) is 59.3 Å². The molecule has 0 atom stereocenters. The molecule has 1 aliphatic carbocycles. The molecule has 0 bridgehead atoms. The highest BCUT2D eigenvalue weighted by atomic mass is 35.5. The van der Waals surface area contributed by atoms with E-state index in [2.05, 4.69) is 9.97 Å². The van der Waals surface area contributed by atoms with E-state index in [0.717, 1.165) is 27.7 Å². The third-order valence-corrected chi connectivity index (χ3v) is 6.37. The van der Waals surface area contributed by atoms with Crippen molar-refractivity contribution in [3.8, 4) is 22.5 Å². The number of pyridine rings is 1. The first kappa shape index (κ1) is 19.2. The van der Waals surface area contributed by atoms with E-state index in [9.17, 15) is 5.11 Å². The number of halogens is 1. The van der Waals surface area contributed by atoms with Gasteiger partial charge in [-0.2, -0.15) is 5.10 Å². The predicted molar refractivity (Wildman–Crippen MR) is 125 cm³/mol. The third-order valence-electron chi connectivity index (χ3n) is 6.05. The molecule has 6 rings (SSSR count). The molecule has 0 amide bonds. The van der Waals surface area contributed by atoms with E-state index in [1.165, 1.54) is 6.33 Å². The second kappa shape index (κ2) is 7.25. The molecule has 1 saturated carbocycles. The van der Waals surface area contributed by atoms with Gasteiger partial charge >= 0.3 is 0 Å². The minimum atomic E-state index is -0.313. The molecular formula is C24H19ClN6O. The monoisotopic (exact) mass is 442 g/mol. The van der Waals surface area contributed by atoms with Crippen molar-refractivity contribution in [3.63, 3.8) is 0 Å². The Morgan fingerprint density at radius 1 is 1.03 bits per heavy atom. The molecule has 0 unspecified atom stereocenters. The summed E-state index contributed by atoms with van der Waals surface area (Å²) in [6.07, 6.45) is 2.39. The lowest BCUT2D eigenvalue weighted by Gasteiger charge is -2.31. The van der Waals surface area contributed by atoms with Crippen LogP contribution < -0.4 is 5.73 Å². The second-order valence-electron chi connectivity index (χ2n) is 8.12. The van der Waals surface area contributed by atoms with Gasteiger partial charge in [0.15, 0.2) is 5.65 Å². The van der Waals surface area contributed by atoms with E-state index >= 15 is 0 Å². The van der Waals surface area contributed by atoms with Crippen molar-refractivity contribution in [3.05, 3.63) is 65.9 Å². The van der Waals surface area contributed by atoms with Crippen LogP contribution in [-0.4, -0.2) is 35.9 Å². The first-order valence-corrected chi connectivity index (χ1v) is 10.8. The van der Waals surface area contributed by atoms with Crippen LogP contribution in [0, 0.1) is 0 Å². The molecule has 32 heavy (non-hydrogen) atoms. The molecule has 1 fully saturated rings. The number of nitrogen functional groups attached to an aromatic ring is 1. The highest BCUT2D eigenvalue weighted by molar-refractivity contribution is 6.34. The van der Waals surface area contributed by atoms with Crippen LogP contribution in [0.3, 0.4) is 0 Å². The topological polar surface area (TPSA) is 103 Å². The van der Waals surface area contributed by atoms with Crippen LogP contribution in [0.25, 0.3) is 44.5 Å². The fourth-order valence-electron chi connectivity index (χ4n) is 4.29. The van der Waals surface area contributed by atoms with E-state index in [4.69, 9.17) is 27.4 Å². The van der Waals surface area contributed by atoms with Gasteiger partial charge in [-0.3, -0.25) is 0 Å². The fraction of sp³-hybridized carbons (Fsp3) is 0.167. The zero-order valence-electron chi connectivity index (χ0n) is 17.0. The van der Waals surface area contributed by atoms with Crippen LogP contribution in [0.5, 0.6) is 0 Å². The van der Waals surface area contributed by atoms with Crippen LogP contribution in [0.4, 0.5) is 5.82 Å². The summed E-state index contributed by atoms with van der Waals surface area (Å²) >= 11 is 6.71. The maximum atomic E-state index is 9.78. The molecule has 7 nitrogen and oxygen atoms in total. The summed E-state index contributed by atoms with van der Waals surface area (Å²) in [6, 6.07) is 18.0. The molecule has 3 aromatic heterocycles. The maximum absolute atomic E-state index is 9.78. The van der Waals surface area contributed by atoms with E-state index in [0.29, 0.717) is 40.4 Å². The van der Waals surface area contributed by atoms with Crippen molar-refractivity contribution in [2.75, 3.05) is 5.73 Å². The fourth-order valence-corrected chi connectivity index (χ4v) is 4.55.